The van der Waals surface area contributed by atoms with Crippen LogP contribution in [0.15, 0.2) is 0 Å². The highest BCUT2D eigenvalue weighted by molar-refractivity contribution is 4.83. The predicted octanol–water partition coefficient (Wildman–Crippen LogP) is 1.20. The van der Waals surface area contributed by atoms with Gasteiger partial charge in [0, 0.05) is 7.11 Å². The van der Waals surface area contributed by atoms with Crippen LogP contribution in [0.4, 0.5) is 0 Å². The maximum Gasteiger partial charge on any atom is 0.107 e. The molecule has 0 aromatic carbocycles. The first-order valence-electron chi connectivity index (χ1n) is 3.53. The molecule has 2 unspecified atom stereocenters. The zero-order chi connectivity index (χ0) is 6.69. The molecule has 1 rings (SSSR count). The maximum absolute atomic E-state index is 5.27. The lowest BCUT2D eigenvalue weighted by atomic mass is 10.2. The van der Waals surface area contributed by atoms with Crippen molar-refractivity contribution in [1.29, 1.82) is 0 Å². The molecule has 0 bridgehead atoms. The van der Waals surface area contributed by atoms with E-state index in [1.54, 1.807) is 7.11 Å². The Balaban J connectivity index is 1.96. The van der Waals surface area contributed by atoms with Crippen molar-refractivity contribution in [3.8, 4) is 0 Å². The van der Waals surface area contributed by atoms with Crippen molar-refractivity contribution >= 4 is 0 Å². The molecule has 1 fully saturated rings. The largest absolute Gasteiger partial charge is 0.382 e. The van der Waals surface area contributed by atoms with Crippen LogP contribution in [0.25, 0.3) is 0 Å². The van der Waals surface area contributed by atoms with Crippen LogP contribution in [0, 0.1) is 0 Å². The van der Waals surface area contributed by atoms with E-state index in [9.17, 15) is 0 Å². The van der Waals surface area contributed by atoms with Crippen LogP contribution < -0.4 is 0 Å². The molecule has 1 aliphatic heterocycles. The monoisotopic (exact) mass is 130 g/mol. The van der Waals surface area contributed by atoms with Crippen molar-refractivity contribution in [3.05, 3.63) is 0 Å². The minimum Gasteiger partial charge on any atom is -0.382 e. The number of epoxide rings is 1. The topological polar surface area (TPSA) is 21.8 Å². The fourth-order valence-electron chi connectivity index (χ4n) is 1.03. The van der Waals surface area contributed by atoms with Crippen LogP contribution in [-0.2, 0) is 9.47 Å². The van der Waals surface area contributed by atoms with Crippen molar-refractivity contribution < 1.29 is 9.47 Å². The van der Waals surface area contributed by atoms with Gasteiger partial charge in [-0.05, 0) is 6.42 Å². The number of hydrogen-bond acceptors (Lipinski definition) is 2. The lowest BCUT2D eigenvalue weighted by Crippen LogP contribution is -2.01. The van der Waals surface area contributed by atoms with Gasteiger partial charge < -0.3 is 9.47 Å². The molecule has 0 aromatic rings. The van der Waals surface area contributed by atoms with E-state index in [0.29, 0.717) is 12.2 Å². The van der Waals surface area contributed by atoms with E-state index >= 15 is 0 Å². The van der Waals surface area contributed by atoms with Crippen LogP contribution in [0.2, 0.25) is 0 Å². The van der Waals surface area contributed by atoms with Crippen LogP contribution in [-0.4, -0.2) is 25.9 Å². The third kappa shape index (κ3) is 1.95. The molecule has 54 valence electrons. The Labute approximate surface area is 56.2 Å². The van der Waals surface area contributed by atoms with Gasteiger partial charge in [0.15, 0.2) is 0 Å². The first-order valence-corrected chi connectivity index (χ1v) is 3.53. The van der Waals surface area contributed by atoms with Crippen LogP contribution in [0.5, 0.6) is 0 Å². The summed E-state index contributed by atoms with van der Waals surface area (Å²) < 4.78 is 10.2. The van der Waals surface area contributed by atoms with E-state index in [-0.39, 0.29) is 0 Å². The second kappa shape index (κ2) is 3.18. The normalized spacial score (nSPS) is 32.7. The SMILES string of the molecule is CCCC1OC1COC. The molecule has 0 N–H and O–H groups in total. The number of methoxy groups -OCH3 is 1. The van der Waals surface area contributed by atoms with E-state index in [0.717, 1.165) is 6.61 Å². The molecule has 2 nitrogen and oxygen atoms in total. The summed E-state index contributed by atoms with van der Waals surface area (Å²) in [7, 11) is 1.71. The Morgan fingerprint density at radius 1 is 1.44 bits per heavy atom. The third-order valence-electron chi connectivity index (χ3n) is 1.59. The average molecular weight is 130 g/mol. The Kier molecular flexibility index (Phi) is 2.49. The molecule has 2 heteroatoms. The van der Waals surface area contributed by atoms with Crippen LogP contribution in [0.3, 0.4) is 0 Å². The zero-order valence-electron chi connectivity index (χ0n) is 6.09. The molecular formula is C7H14O2. The van der Waals surface area contributed by atoms with Crippen molar-refractivity contribution in [2.75, 3.05) is 13.7 Å². The maximum atomic E-state index is 5.27. The summed E-state index contributed by atoms with van der Waals surface area (Å²) in [5.41, 5.74) is 0. The summed E-state index contributed by atoms with van der Waals surface area (Å²) in [6.07, 6.45) is 3.32. The molecule has 1 saturated heterocycles. The minimum absolute atomic E-state index is 0.412. The van der Waals surface area contributed by atoms with E-state index in [1.165, 1.54) is 12.8 Å². The Morgan fingerprint density at radius 2 is 2.22 bits per heavy atom. The molecule has 0 spiro atoms. The second-order valence-electron chi connectivity index (χ2n) is 2.46. The van der Waals surface area contributed by atoms with Gasteiger partial charge >= 0.3 is 0 Å². The molecule has 0 aliphatic carbocycles. The minimum atomic E-state index is 0.412. The summed E-state index contributed by atoms with van der Waals surface area (Å²) in [4.78, 5) is 0. The quantitative estimate of drug-likeness (QED) is 0.533. The Bertz CT molecular complexity index is 73.0. The predicted molar refractivity (Wildman–Crippen MR) is 35.4 cm³/mol. The number of rotatable bonds is 4. The van der Waals surface area contributed by atoms with Gasteiger partial charge in [0.1, 0.15) is 6.10 Å². The standard InChI is InChI=1S/C7H14O2/c1-3-4-6-7(9-6)5-8-2/h6-7H,3-5H2,1-2H3. The van der Waals surface area contributed by atoms with Crippen molar-refractivity contribution in [2.24, 2.45) is 0 Å². The van der Waals surface area contributed by atoms with E-state index in [1.807, 2.05) is 0 Å². The highest BCUT2D eigenvalue weighted by atomic mass is 16.6. The summed E-state index contributed by atoms with van der Waals surface area (Å²) in [5, 5.41) is 0. The van der Waals surface area contributed by atoms with Crippen LogP contribution >= 0.6 is 0 Å². The van der Waals surface area contributed by atoms with E-state index < -0.39 is 0 Å². The molecule has 1 heterocycles. The van der Waals surface area contributed by atoms with Crippen LogP contribution in [0.1, 0.15) is 19.8 Å². The number of ether oxygens (including phenoxy) is 2. The molecule has 1 aliphatic rings. The highest BCUT2D eigenvalue weighted by Gasteiger charge is 2.37. The van der Waals surface area contributed by atoms with Gasteiger partial charge in [-0.25, -0.2) is 0 Å². The fourth-order valence-corrected chi connectivity index (χ4v) is 1.03. The number of hydrogen-bond donors (Lipinski definition) is 0. The smallest absolute Gasteiger partial charge is 0.107 e. The first kappa shape index (κ1) is 7.03. The molecule has 0 amide bonds. The average Bonchev–Trinajstić information content (AvgIpc) is 2.50. The third-order valence-corrected chi connectivity index (χ3v) is 1.59. The van der Waals surface area contributed by atoms with Gasteiger partial charge in [0.2, 0.25) is 0 Å². The lowest BCUT2D eigenvalue weighted by Gasteiger charge is -1.89. The highest BCUT2D eigenvalue weighted by Crippen LogP contribution is 2.26. The second-order valence-corrected chi connectivity index (χ2v) is 2.46. The molecule has 0 aromatic heterocycles. The van der Waals surface area contributed by atoms with Gasteiger partial charge in [-0.15, -0.1) is 0 Å². The van der Waals surface area contributed by atoms with Crippen molar-refractivity contribution in [2.45, 2.75) is 32.0 Å². The lowest BCUT2D eigenvalue weighted by molar-refractivity contribution is 0.171. The molecule has 2 atom stereocenters. The summed E-state index contributed by atoms with van der Waals surface area (Å²) in [5.74, 6) is 0. The van der Waals surface area contributed by atoms with Gasteiger partial charge in [0.25, 0.3) is 0 Å². The molecule has 0 radical (unpaired) electrons. The van der Waals surface area contributed by atoms with Crippen molar-refractivity contribution in [3.63, 3.8) is 0 Å². The molecule has 0 saturated carbocycles. The molecule has 9 heavy (non-hydrogen) atoms. The van der Waals surface area contributed by atoms with Gasteiger partial charge in [-0.2, -0.15) is 0 Å². The van der Waals surface area contributed by atoms with Gasteiger partial charge in [-0.3, -0.25) is 0 Å². The van der Waals surface area contributed by atoms with Gasteiger partial charge in [-0.1, -0.05) is 13.3 Å². The summed E-state index contributed by atoms with van der Waals surface area (Å²) in [6.45, 7) is 2.94. The first-order chi connectivity index (χ1) is 4.38. The van der Waals surface area contributed by atoms with E-state index in [2.05, 4.69) is 6.92 Å². The summed E-state index contributed by atoms with van der Waals surface area (Å²) >= 11 is 0. The zero-order valence-corrected chi connectivity index (χ0v) is 6.09. The Morgan fingerprint density at radius 3 is 2.78 bits per heavy atom. The van der Waals surface area contributed by atoms with Gasteiger partial charge in [0.05, 0.1) is 12.7 Å². The fraction of sp³-hybridized carbons (Fsp3) is 1.00. The Hall–Kier alpha value is -0.0800. The van der Waals surface area contributed by atoms with Crippen molar-refractivity contribution in [1.82, 2.24) is 0 Å². The van der Waals surface area contributed by atoms with E-state index in [4.69, 9.17) is 9.47 Å². The summed E-state index contributed by atoms with van der Waals surface area (Å²) in [6, 6.07) is 0. The molecular weight excluding hydrogens is 116 g/mol.